The van der Waals surface area contributed by atoms with Gasteiger partial charge in [-0.15, -0.1) is 0 Å². The number of carbonyl (C=O) groups is 2. The van der Waals surface area contributed by atoms with Crippen LogP contribution in [0.15, 0.2) is 24.3 Å². The van der Waals surface area contributed by atoms with Crippen LogP contribution < -0.4 is 5.32 Å². The molecule has 1 aliphatic heterocycles. The monoisotopic (exact) mass is 362 g/mol. The van der Waals surface area contributed by atoms with Gasteiger partial charge in [0.25, 0.3) is 5.91 Å². The van der Waals surface area contributed by atoms with E-state index in [9.17, 15) is 9.59 Å². The quantitative estimate of drug-likeness (QED) is 0.844. The van der Waals surface area contributed by atoms with E-state index in [1.165, 1.54) is 0 Å². The van der Waals surface area contributed by atoms with Crippen molar-refractivity contribution in [2.24, 2.45) is 11.8 Å². The highest BCUT2D eigenvalue weighted by Gasteiger charge is 2.31. The Hall–Kier alpha value is -1.49. The summed E-state index contributed by atoms with van der Waals surface area (Å²) in [7, 11) is 0. The minimum absolute atomic E-state index is 0.0634. The van der Waals surface area contributed by atoms with Gasteiger partial charge in [0.2, 0.25) is 5.91 Å². The van der Waals surface area contributed by atoms with Crippen LogP contribution in [-0.2, 0) is 4.79 Å². The SMILES string of the molecule is CSCCC(NC(=O)c1cccc(C)c1)C(=O)N1CC(C)CC(C)C1. The maximum atomic E-state index is 13.0. The lowest BCUT2D eigenvalue weighted by atomic mass is 9.91. The Morgan fingerprint density at radius 2 is 1.96 bits per heavy atom. The third kappa shape index (κ3) is 5.77. The zero-order valence-corrected chi connectivity index (χ0v) is 16.6. The molecular weight excluding hydrogens is 332 g/mol. The molecule has 2 rings (SSSR count). The van der Waals surface area contributed by atoms with Crippen LogP contribution >= 0.6 is 11.8 Å². The van der Waals surface area contributed by atoms with Gasteiger partial charge in [-0.3, -0.25) is 9.59 Å². The fourth-order valence-electron chi connectivity index (χ4n) is 3.58. The van der Waals surface area contributed by atoms with Crippen molar-refractivity contribution in [1.82, 2.24) is 10.2 Å². The number of likely N-dealkylation sites (tertiary alicyclic amines) is 1. The Bertz CT molecular complexity index is 595. The van der Waals surface area contributed by atoms with Crippen LogP contribution in [0, 0.1) is 18.8 Å². The van der Waals surface area contributed by atoms with Crippen molar-refractivity contribution in [3.8, 4) is 0 Å². The smallest absolute Gasteiger partial charge is 0.251 e. The van der Waals surface area contributed by atoms with Gasteiger partial charge in [-0.05, 0) is 55.7 Å². The van der Waals surface area contributed by atoms with Crippen LogP contribution in [0.1, 0.15) is 42.6 Å². The van der Waals surface area contributed by atoms with E-state index in [4.69, 9.17) is 0 Å². The molecule has 1 saturated heterocycles. The average molecular weight is 363 g/mol. The molecule has 0 radical (unpaired) electrons. The van der Waals surface area contributed by atoms with Crippen LogP contribution in [0.25, 0.3) is 0 Å². The van der Waals surface area contributed by atoms with Crippen molar-refractivity contribution in [1.29, 1.82) is 0 Å². The van der Waals surface area contributed by atoms with Crippen molar-refractivity contribution in [3.05, 3.63) is 35.4 Å². The van der Waals surface area contributed by atoms with Gasteiger partial charge in [0.05, 0.1) is 0 Å². The molecule has 3 atom stereocenters. The zero-order valence-electron chi connectivity index (χ0n) is 15.7. The number of hydrogen-bond donors (Lipinski definition) is 1. The summed E-state index contributed by atoms with van der Waals surface area (Å²) in [6.07, 6.45) is 3.85. The van der Waals surface area contributed by atoms with E-state index in [1.807, 2.05) is 36.3 Å². The molecule has 1 fully saturated rings. The first kappa shape index (κ1) is 19.8. The molecule has 3 unspecified atom stereocenters. The van der Waals surface area contributed by atoms with E-state index >= 15 is 0 Å². The highest BCUT2D eigenvalue weighted by molar-refractivity contribution is 7.98. The van der Waals surface area contributed by atoms with Gasteiger partial charge in [-0.25, -0.2) is 0 Å². The van der Waals surface area contributed by atoms with Crippen LogP contribution in [0.4, 0.5) is 0 Å². The first-order valence-corrected chi connectivity index (χ1v) is 10.4. The Kier molecular flexibility index (Phi) is 7.36. The Morgan fingerprint density at radius 1 is 1.28 bits per heavy atom. The van der Waals surface area contributed by atoms with E-state index in [1.54, 1.807) is 17.8 Å². The van der Waals surface area contributed by atoms with E-state index in [0.717, 1.165) is 30.8 Å². The van der Waals surface area contributed by atoms with E-state index in [2.05, 4.69) is 19.2 Å². The molecule has 1 heterocycles. The highest BCUT2D eigenvalue weighted by Crippen LogP contribution is 2.22. The molecule has 25 heavy (non-hydrogen) atoms. The van der Waals surface area contributed by atoms with Crippen molar-refractivity contribution in [3.63, 3.8) is 0 Å². The highest BCUT2D eigenvalue weighted by atomic mass is 32.2. The zero-order chi connectivity index (χ0) is 18.4. The summed E-state index contributed by atoms with van der Waals surface area (Å²) in [4.78, 5) is 27.6. The third-order valence-electron chi connectivity index (χ3n) is 4.67. The predicted octanol–water partition coefficient (Wildman–Crippen LogP) is 3.35. The number of nitrogens with zero attached hydrogens (tertiary/aromatic N) is 1. The lowest BCUT2D eigenvalue weighted by molar-refractivity contribution is -0.136. The molecule has 0 saturated carbocycles. The molecular formula is C20H30N2O2S. The molecule has 0 bridgehead atoms. The molecule has 1 aromatic rings. The number of rotatable bonds is 6. The largest absolute Gasteiger partial charge is 0.340 e. The number of nitrogens with one attached hydrogen (secondary N) is 1. The molecule has 1 aliphatic rings. The van der Waals surface area contributed by atoms with E-state index in [0.29, 0.717) is 23.8 Å². The fourth-order valence-corrected chi connectivity index (χ4v) is 4.06. The van der Waals surface area contributed by atoms with Crippen LogP contribution in [-0.4, -0.2) is 47.9 Å². The minimum Gasteiger partial charge on any atom is -0.340 e. The van der Waals surface area contributed by atoms with Gasteiger partial charge in [0, 0.05) is 18.7 Å². The summed E-state index contributed by atoms with van der Waals surface area (Å²) in [6, 6.07) is 7.04. The Labute approximate surface area is 155 Å². The Morgan fingerprint density at radius 3 is 2.56 bits per heavy atom. The number of amides is 2. The average Bonchev–Trinajstić information content (AvgIpc) is 2.57. The third-order valence-corrected chi connectivity index (χ3v) is 5.32. The first-order valence-electron chi connectivity index (χ1n) is 9.06. The number of benzene rings is 1. The van der Waals surface area contributed by atoms with Crippen LogP contribution in [0.3, 0.4) is 0 Å². The molecule has 4 nitrogen and oxygen atoms in total. The summed E-state index contributed by atoms with van der Waals surface area (Å²) in [5.41, 5.74) is 1.65. The second kappa shape index (κ2) is 9.27. The minimum atomic E-state index is -0.446. The molecule has 1 N–H and O–H groups in total. The van der Waals surface area contributed by atoms with E-state index < -0.39 is 6.04 Å². The molecule has 0 spiro atoms. The number of carbonyl (C=O) groups excluding carboxylic acids is 2. The van der Waals surface area contributed by atoms with Gasteiger partial charge in [-0.2, -0.15) is 11.8 Å². The molecule has 0 aliphatic carbocycles. The Balaban J connectivity index is 2.09. The van der Waals surface area contributed by atoms with Crippen molar-refractivity contribution < 1.29 is 9.59 Å². The van der Waals surface area contributed by atoms with Crippen molar-refractivity contribution >= 4 is 23.6 Å². The first-order chi connectivity index (χ1) is 11.9. The summed E-state index contributed by atoms with van der Waals surface area (Å²) in [5, 5.41) is 2.98. The van der Waals surface area contributed by atoms with Crippen molar-refractivity contribution in [2.45, 2.75) is 39.7 Å². The van der Waals surface area contributed by atoms with Gasteiger partial charge in [0.15, 0.2) is 0 Å². The van der Waals surface area contributed by atoms with Gasteiger partial charge in [-0.1, -0.05) is 31.5 Å². The number of hydrogen-bond acceptors (Lipinski definition) is 3. The summed E-state index contributed by atoms with van der Waals surface area (Å²) in [5.74, 6) is 1.78. The van der Waals surface area contributed by atoms with Gasteiger partial charge in [0.1, 0.15) is 6.04 Å². The number of thioether (sulfide) groups is 1. The summed E-state index contributed by atoms with van der Waals surface area (Å²) in [6.45, 7) is 7.93. The normalized spacial score (nSPS) is 21.7. The van der Waals surface area contributed by atoms with Crippen molar-refractivity contribution in [2.75, 3.05) is 25.1 Å². The maximum Gasteiger partial charge on any atom is 0.251 e. The topological polar surface area (TPSA) is 49.4 Å². The second-order valence-electron chi connectivity index (χ2n) is 7.37. The van der Waals surface area contributed by atoms with Crippen LogP contribution in [0.2, 0.25) is 0 Å². The molecule has 2 amide bonds. The lowest BCUT2D eigenvalue weighted by Gasteiger charge is -2.37. The molecule has 0 aromatic heterocycles. The number of piperidine rings is 1. The van der Waals surface area contributed by atoms with Crippen LogP contribution in [0.5, 0.6) is 0 Å². The summed E-state index contributed by atoms with van der Waals surface area (Å²) >= 11 is 1.70. The van der Waals surface area contributed by atoms with E-state index in [-0.39, 0.29) is 11.8 Å². The second-order valence-corrected chi connectivity index (χ2v) is 8.35. The maximum absolute atomic E-state index is 13.0. The number of aryl methyl sites for hydroxylation is 1. The predicted molar refractivity (Wildman–Crippen MR) is 105 cm³/mol. The summed E-state index contributed by atoms with van der Waals surface area (Å²) < 4.78 is 0. The standard InChI is InChI=1S/C20H30N2O2S/c1-14-6-5-7-17(11-14)19(23)21-18(8-9-25-4)20(24)22-12-15(2)10-16(3)13-22/h5-7,11,15-16,18H,8-10,12-13H2,1-4H3,(H,21,23). The molecule has 1 aromatic carbocycles. The van der Waals surface area contributed by atoms with Gasteiger partial charge >= 0.3 is 0 Å². The lowest BCUT2D eigenvalue weighted by Crippen LogP contribution is -2.52. The molecule has 138 valence electrons. The van der Waals surface area contributed by atoms with Gasteiger partial charge < -0.3 is 10.2 Å². The fraction of sp³-hybridized carbons (Fsp3) is 0.600. The molecule has 5 heteroatoms.